The summed E-state index contributed by atoms with van der Waals surface area (Å²) in [5, 5.41) is 0. The topological polar surface area (TPSA) is 21.8 Å². The number of ether oxygens (including phenoxy) is 2. The first kappa shape index (κ1) is 19.1. The number of hydrogen-bond donors (Lipinski definition) is 0. The van der Waals surface area contributed by atoms with Crippen LogP contribution < -0.4 is 4.74 Å². The van der Waals surface area contributed by atoms with E-state index in [1.165, 1.54) is 0 Å². The number of epoxide rings is 1. The van der Waals surface area contributed by atoms with Crippen molar-refractivity contribution in [3.63, 3.8) is 0 Å². The number of benzene rings is 1. The standard InChI is InChI=1S/C19H27F3O2/c1-17(2,3)12-7-8-14(15(9-12)24-11-13-10-23-13)16(18(4,5)6)19(20,21)22/h7-9,13,16H,10-11H2,1-6H3. The van der Waals surface area contributed by atoms with Crippen molar-refractivity contribution < 1.29 is 22.6 Å². The van der Waals surface area contributed by atoms with Crippen LogP contribution >= 0.6 is 0 Å². The van der Waals surface area contributed by atoms with E-state index in [1.807, 2.05) is 20.8 Å². The van der Waals surface area contributed by atoms with Crippen molar-refractivity contribution in [1.29, 1.82) is 0 Å². The summed E-state index contributed by atoms with van der Waals surface area (Å²) in [4.78, 5) is 0. The summed E-state index contributed by atoms with van der Waals surface area (Å²) in [6, 6.07) is 5.11. The lowest BCUT2D eigenvalue weighted by Gasteiger charge is -2.34. The Bertz CT molecular complexity index is 562. The normalized spacial score (nSPS) is 20.0. The second kappa shape index (κ2) is 6.25. The molecular weight excluding hydrogens is 317 g/mol. The van der Waals surface area contributed by atoms with E-state index >= 15 is 0 Å². The van der Waals surface area contributed by atoms with Crippen molar-refractivity contribution >= 4 is 0 Å². The van der Waals surface area contributed by atoms with Crippen LogP contribution in [0.25, 0.3) is 0 Å². The highest BCUT2D eigenvalue weighted by atomic mass is 19.4. The molecule has 1 heterocycles. The monoisotopic (exact) mass is 344 g/mol. The predicted molar refractivity (Wildman–Crippen MR) is 88.6 cm³/mol. The molecule has 0 N–H and O–H groups in total. The van der Waals surface area contributed by atoms with Crippen molar-refractivity contribution in [3.8, 4) is 5.75 Å². The molecule has 2 unspecified atom stereocenters. The van der Waals surface area contributed by atoms with E-state index < -0.39 is 17.5 Å². The average Bonchev–Trinajstić information content (AvgIpc) is 3.16. The highest BCUT2D eigenvalue weighted by Gasteiger charge is 2.49. The van der Waals surface area contributed by atoms with Gasteiger partial charge in [-0.05, 0) is 22.5 Å². The number of alkyl halides is 3. The summed E-state index contributed by atoms with van der Waals surface area (Å²) >= 11 is 0. The summed E-state index contributed by atoms with van der Waals surface area (Å²) < 4.78 is 52.1. The maximum absolute atomic E-state index is 13.7. The van der Waals surface area contributed by atoms with Gasteiger partial charge in [0.05, 0.1) is 12.5 Å². The summed E-state index contributed by atoms with van der Waals surface area (Å²) in [5.74, 6) is -1.27. The molecule has 1 aliphatic heterocycles. The summed E-state index contributed by atoms with van der Waals surface area (Å²) in [5.41, 5.74) is 0.0224. The minimum Gasteiger partial charge on any atom is -0.490 e. The summed E-state index contributed by atoms with van der Waals surface area (Å²) in [7, 11) is 0. The van der Waals surface area contributed by atoms with Gasteiger partial charge in [0.1, 0.15) is 18.5 Å². The molecule has 0 bridgehead atoms. The van der Waals surface area contributed by atoms with Gasteiger partial charge in [0.25, 0.3) is 0 Å². The van der Waals surface area contributed by atoms with Crippen LogP contribution in [-0.4, -0.2) is 25.5 Å². The zero-order valence-corrected chi connectivity index (χ0v) is 15.3. The molecule has 5 heteroatoms. The molecule has 2 atom stereocenters. The van der Waals surface area contributed by atoms with Crippen molar-refractivity contribution in [2.45, 2.75) is 65.2 Å². The van der Waals surface area contributed by atoms with Crippen LogP contribution in [0.15, 0.2) is 18.2 Å². The van der Waals surface area contributed by atoms with Gasteiger partial charge in [-0.25, -0.2) is 0 Å². The molecule has 2 nitrogen and oxygen atoms in total. The molecule has 1 aliphatic rings. The van der Waals surface area contributed by atoms with Crippen LogP contribution in [0, 0.1) is 5.41 Å². The lowest BCUT2D eigenvalue weighted by Crippen LogP contribution is -2.33. The third-order valence-corrected chi connectivity index (χ3v) is 4.21. The Kier molecular flexibility index (Phi) is 4.97. The van der Waals surface area contributed by atoms with Gasteiger partial charge in [-0.15, -0.1) is 0 Å². The highest BCUT2D eigenvalue weighted by molar-refractivity contribution is 5.43. The van der Waals surface area contributed by atoms with Crippen LogP contribution in [0.1, 0.15) is 58.6 Å². The largest absolute Gasteiger partial charge is 0.490 e. The van der Waals surface area contributed by atoms with Gasteiger partial charge in [0.15, 0.2) is 0 Å². The third kappa shape index (κ3) is 4.65. The first-order chi connectivity index (χ1) is 10.8. The fraction of sp³-hybridized carbons (Fsp3) is 0.684. The lowest BCUT2D eigenvalue weighted by molar-refractivity contribution is -0.172. The lowest BCUT2D eigenvalue weighted by atomic mass is 9.74. The molecule has 136 valence electrons. The van der Waals surface area contributed by atoms with Gasteiger partial charge < -0.3 is 9.47 Å². The maximum atomic E-state index is 13.7. The highest BCUT2D eigenvalue weighted by Crippen LogP contribution is 2.50. The van der Waals surface area contributed by atoms with E-state index in [2.05, 4.69) is 0 Å². The molecular formula is C19H27F3O2. The van der Waals surface area contributed by atoms with Crippen LogP contribution in [0.2, 0.25) is 0 Å². The van der Waals surface area contributed by atoms with E-state index in [1.54, 1.807) is 39.0 Å². The Morgan fingerprint density at radius 2 is 1.71 bits per heavy atom. The maximum Gasteiger partial charge on any atom is 0.396 e. The molecule has 0 aliphatic carbocycles. The van der Waals surface area contributed by atoms with Gasteiger partial charge in [0, 0.05) is 5.56 Å². The van der Waals surface area contributed by atoms with Crippen LogP contribution in [0.3, 0.4) is 0 Å². The zero-order chi connectivity index (χ0) is 18.3. The molecule has 0 saturated carbocycles. The Hall–Kier alpha value is -1.23. The molecule has 0 amide bonds. The zero-order valence-electron chi connectivity index (χ0n) is 15.3. The molecule has 0 spiro atoms. The van der Waals surface area contributed by atoms with Crippen LogP contribution in [-0.2, 0) is 10.2 Å². The van der Waals surface area contributed by atoms with E-state index in [-0.39, 0.29) is 23.7 Å². The van der Waals surface area contributed by atoms with Gasteiger partial charge in [-0.1, -0.05) is 53.7 Å². The average molecular weight is 344 g/mol. The Morgan fingerprint density at radius 1 is 1.12 bits per heavy atom. The van der Waals surface area contributed by atoms with Crippen molar-refractivity contribution in [2.75, 3.05) is 13.2 Å². The summed E-state index contributed by atoms with van der Waals surface area (Å²) in [6.07, 6.45) is -4.34. The van der Waals surface area contributed by atoms with E-state index in [9.17, 15) is 13.2 Å². The Labute approximate surface area is 142 Å². The van der Waals surface area contributed by atoms with Crippen LogP contribution in [0.5, 0.6) is 5.75 Å². The second-order valence-electron chi connectivity index (χ2n) is 8.61. The van der Waals surface area contributed by atoms with Crippen molar-refractivity contribution in [3.05, 3.63) is 29.3 Å². The molecule has 24 heavy (non-hydrogen) atoms. The van der Waals surface area contributed by atoms with E-state index in [0.29, 0.717) is 12.4 Å². The fourth-order valence-electron chi connectivity index (χ4n) is 2.85. The molecule has 0 aromatic heterocycles. The smallest absolute Gasteiger partial charge is 0.396 e. The Balaban J connectivity index is 2.48. The molecule has 1 aromatic carbocycles. The van der Waals surface area contributed by atoms with Gasteiger partial charge in [-0.2, -0.15) is 13.2 Å². The van der Waals surface area contributed by atoms with Gasteiger partial charge in [0.2, 0.25) is 0 Å². The number of halogens is 3. The minimum atomic E-state index is -4.34. The minimum absolute atomic E-state index is 0.00452. The number of rotatable bonds is 4. The second-order valence-corrected chi connectivity index (χ2v) is 8.61. The molecule has 0 radical (unpaired) electrons. The Morgan fingerprint density at radius 3 is 2.12 bits per heavy atom. The SMILES string of the molecule is CC(C)(C)c1ccc(C(C(C)(C)C)C(F)(F)F)c(OCC2CO2)c1. The van der Waals surface area contributed by atoms with Crippen LogP contribution in [0.4, 0.5) is 13.2 Å². The number of hydrogen-bond acceptors (Lipinski definition) is 2. The third-order valence-electron chi connectivity index (χ3n) is 4.21. The first-order valence-electron chi connectivity index (χ1n) is 8.25. The molecule has 1 saturated heterocycles. The van der Waals surface area contributed by atoms with Crippen molar-refractivity contribution in [1.82, 2.24) is 0 Å². The van der Waals surface area contributed by atoms with E-state index in [0.717, 1.165) is 5.56 Å². The van der Waals surface area contributed by atoms with Gasteiger partial charge >= 0.3 is 6.18 Å². The first-order valence-corrected chi connectivity index (χ1v) is 8.25. The van der Waals surface area contributed by atoms with E-state index in [4.69, 9.17) is 9.47 Å². The molecule has 2 rings (SSSR count). The van der Waals surface area contributed by atoms with Gasteiger partial charge in [-0.3, -0.25) is 0 Å². The fourth-order valence-corrected chi connectivity index (χ4v) is 2.85. The summed E-state index contributed by atoms with van der Waals surface area (Å²) in [6.45, 7) is 11.8. The quantitative estimate of drug-likeness (QED) is 0.677. The predicted octanol–water partition coefficient (Wildman–Crippen LogP) is 5.45. The molecule has 1 aromatic rings. The van der Waals surface area contributed by atoms with Crippen molar-refractivity contribution in [2.24, 2.45) is 5.41 Å². The molecule has 1 fully saturated rings.